The van der Waals surface area contributed by atoms with Crippen LogP contribution >= 0.6 is 0 Å². The Kier molecular flexibility index (Phi) is 4.38. The van der Waals surface area contributed by atoms with Gasteiger partial charge in [-0.15, -0.1) is 0 Å². The zero-order chi connectivity index (χ0) is 19.0. The molecule has 2 aromatic heterocycles. The Morgan fingerprint density at radius 1 is 0.962 bits per heavy atom. The lowest BCUT2D eigenvalue weighted by Gasteiger charge is -2.06. The summed E-state index contributed by atoms with van der Waals surface area (Å²) in [5.74, 6) is -1.09. The van der Waals surface area contributed by atoms with Gasteiger partial charge in [0.2, 0.25) is 0 Å². The van der Waals surface area contributed by atoms with E-state index in [2.05, 4.69) is 15.8 Å². The minimum Gasteiger partial charge on any atom is -0.451 e. The van der Waals surface area contributed by atoms with Crippen molar-refractivity contribution in [1.29, 1.82) is 0 Å². The molecule has 0 aliphatic rings. The molecule has 26 heavy (non-hydrogen) atoms. The summed E-state index contributed by atoms with van der Waals surface area (Å²) in [5.41, 5.74) is 7.85. The van der Waals surface area contributed by atoms with Gasteiger partial charge in [0.1, 0.15) is 11.3 Å². The Morgan fingerprint density at radius 3 is 2.23 bits per heavy atom. The van der Waals surface area contributed by atoms with Gasteiger partial charge in [0.05, 0.1) is 0 Å². The van der Waals surface area contributed by atoms with Gasteiger partial charge in [-0.2, -0.15) is 0 Å². The second-order valence-corrected chi connectivity index (χ2v) is 6.14. The Labute approximate surface area is 149 Å². The van der Waals surface area contributed by atoms with Crippen LogP contribution in [0, 0.1) is 20.8 Å². The fourth-order valence-electron chi connectivity index (χ4n) is 3.13. The van der Waals surface area contributed by atoms with Crippen molar-refractivity contribution in [3.63, 3.8) is 0 Å². The maximum atomic E-state index is 12.4. The first-order chi connectivity index (χ1) is 12.3. The second-order valence-electron chi connectivity index (χ2n) is 6.14. The number of aromatic nitrogens is 1. The summed E-state index contributed by atoms with van der Waals surface area (Å²) >= 11 is 0. The number of amides is 2. The van der Waals surface area contributed by atoms with E-state index < -0.39 is 11.8 Å². The third-order valence-corrected chi connectivity index (χ3v) is 4.36. The number of aromatic amines is 1. The highest BCUT2D eigenvalue weighted by Gasteiger charge is 2.22. The maximum absolute atomic E-state index is 12.4. The molecule has 0 spiro atoms. The van der Waals surface area contributed by atoms with Crippen LogP contribution < -0.4 is 10.9 Å². The summed E-state index contributed by atoms with van der Waals surface area (Å²) in [4.78, 5) is 39.2. The molecule has 2 amide bonds. The van der Waals surface area contributed by atoms with Gasteiger partial charge in [0, 0.05) is 22.2 Å². The van der Waals surface area contributed by atoms with Crippen LogP contribution in [-0.2, 0) is 0 Å². The molecule has 1 aromatic carbocycles. The molecule has 0 atom stereocenters. The van der Waals surface area contributed by atoms with Gasteiger partial charge < -0.3 is 9.40 Å². The van der Waals surface area contributed by atoms with Crippen LogP contribution in [0.15, 0.2) is 28.7 Å². The number of carbonyl (C=O) groups is 3. The molecule has 7 nitrogen and oxygen atoms in total. The molecule has 0 saturated heterocycles. The van der Waals surface area contributed by atoms with Crippen molar-refractivity contribution >= 4 is 28.6 Å². The summed E-state index contributed by atoms with van der Waals surface area (Å²) in [5, 5.41) is 0.839. The number of nitrogens with one attached hydrogen (secondary N) is 3. The lowest BCUT2D eigenvalue weighted by atomic mass is 10.1. The molecular weight excluding hydrogens is 334 g/mol. The number of hydrogen-bond acceptors (Lipinski definition) is 4. The van der Waals surface area contributed by atoms with Crippen LogP contribution in [0.25, 0.3) is 11.0 Å². The van der Waals surface area contributed by atoms with Crippen molar-refractivity contribution in [2.75, 3.05) is 0 Å². The number of hydrazine groups is 1. The Hall–Kier alpha value is -3.35. The molecular formula is C19H19N3O4. The first kappa shape index (κ1) is 17.5. The average Bonchev–Trinajstić information content (AvgIpc) is 3.09. The fraction of sp³-hybridized carbons (Fsp3) is 0.211. The molecule has 0 aliphatic carbocycles. The topological polar surface area (TPSA) is 104 Å². The predicted octanol–water partition coefficient (Wildman–Crippen LogP) is 2.96. The summed E-state index contributed by atoms with van der Waals surface area (Å²) in [7, 11) is 0. The normalized spacial score (nSPS) is 10.8. The highest BCUT2D eigenvalue weighted by atomic mass is 16.3. The number of Topliss-reactive ketones (excluding diaryl/α,β-unsaturated/α-hetero) is 1. The fourth-order valence-corrected chi connectivity index (χ4v) is 3.13. The predicted molar refractivity (Wildman–Crippen MR) is 96.2 cm³/mol. The van der Waals surface area contributed by atoms with Crippen molar-refractivity contribution in [2.24, 2.45) is 0 Å². The number of para-hydroxylation sites is 1. The van der Waals surface area contributed by atoms with Gasteiger partial charge in [0.15, 0.2) is 11.5 Å². The molecule has 134 valence electrons. The molecule has 7 heteroatoms. The van der Waals surface area contributed by atoms with Crippen LogP contribution in [0.3, 0.4) is 0 Å². The molecule has 0 unspecified atom stereocenters. The minimum absolute atomic E-state index is 0.128. The number of benzene rings is 1. The van der Waals surface area contributed by atoms with Gasteiger partial charge in [-0.3, -0.25) is 25.2 Å². The first-order valence-corrected chi connectivity index (χ1v) is 8.10. The van der Waals surface area contributed by atoms with Crippen LogP contribution in [0.5, 0.6) is 0 Å². The van der Waals surface area contributed by atoms with E-state index in [1.807, 2.05) is 18.2 Å². The molecule has 0 radical (unpaired) electrons. The second kappa shape index (κ2) is 6.51. The first-order valence-electron chi connectivity index (χ1n) is 8.10. The molecule has 0 fully saturated rings. The highest BCUT2D eigenvalue weighted by molar-refractivity contribution is 6.04. The number of carbonyl (C=O) groups excluding carboxylic acids is 3. The zero-order valence-electron chi connectivity index (χ0n) is 14.9. The molecule has 0 saturated carbocycles. The van der Waals surface area contributed by atoms with Crippen LogP contribution in [-0.4, -0.2) is 22.6 Å². The number of rotatable bonds is 3. The number of hydrogen-bond donors (Lipinski definition) is 3. The zero-order valence-corrected chi connectivity index (χ0v) is 14.9. The summed E-state index contributed by atoms with van der Waals surface area (Å²) in [6.07, 6.45) is 0. The Bertz CT molecular complexity index is 1040. The lowest BCUT2D eigenvalue weighted by Crippen LogP contribution is -2.42. The van der Waals surface area contributed by atoms with Gasteiger partial charge in [-0.1, -0.05) is 18.2 Å². The number of fused-ring (bicyclic) bond motifs is 1. The average molecular weight is 353 g/mol. The van der Waals surface area contributed by atoms with Gasteiger partial charge >= 0.3 is 5.91 Å². The lowest BCUT2D eigenvalue weighted by molar-refractivity contribution is 0.0829. The molecule has 0 bridgehead atoms. The molecule has 3 N–H and O–H groups in total. The minimum atomic E-state index is -0.556. The standard InChI is InChI=1S/C19H19N3O4/c1-9-13-7-5-6-8-14(13)26-17(9)19(25)22-21-18(24)16-10(2)15(12(4)23)11(3)20-16/h5-8,20H,1-4H3,(H,21,24)(H,22,25). The van der Waals surface area contributed by atoms with E-state index in [-0.39, 0.29) is 17.2 Å². The molecule has 3 rings (SSSR count). The van der Waals surface area contributed by atoms with E-state index in [1.165, 1.54) is 6.92 Å². The maximum Gasteiger partial charge on any atom is 0.305 e. The van der Waals surface area contributed by atoms with Crippen LogP contribution in [0.4, 0.5) is 0 Å². The Morgan fingerprint density at radius 2 is 1.62 bits per heavy atom. The number of ketones is 1. The van der Waals surface area contributed by atoms with E-state index in [1.54, 1.807) is 26.8 Å². The smallest absolute Gasteiger partial charge is 0.305 e. The summed E-state index contributed by atoms with van der Waals surface area (Å²) in [6, 6.07) is 7.30. The van der Waals surface area contributed by atoms with Crippen molar-refractivity contribution in [3.05, 3.63) is 58.1 Å². The SMILES string of the molecule is CC(=O)c1c(C)[nH]c(C(=O)NNC(=O)c2oc3ccccc3c2C)c1C. The van der Waals surface area contributed by atoms with Crippen molar-refractivity contribution in [2.45, 2.75) is 27.7 Å². The number of aryl methyl sites for hydroxylation is 2. The molecule has 0 aliphatic heterocycles. The van der Waals surface area contributed by atoms with E-state index in [0.29, 0.717) is 28.0 Å². The van der Waals surface area contributed by atoms with Crippen molar-refractivity contribution in [3.8, 4) is 0 Å². The molecule has 3 aromatic rings. The van der Waals surface area contributed by atoms with Crippen LogP contribution in [0.1, 0.15) is 55.1 Å². The van der Waals surface area contributed by atoms with Crippen molar-refractivity contribution < 1.29 is 18.8 Å². The van der Waals surface area contributed by atoms with Crippen LogP contribution in [0.2, 0.25) is 0 Å². The van der Waals surface area contributed by atoms with E-state index in [4.69, 9.17) is 4.42 Å². The van der Waals surface area contributed by atoms with E-state index in [9.17, 15) is 14.4 Å². The summed E-state index contributed by atoms with van der Waals surface area (Å²) in [6.45, 7) is 6.62. The third kappa shape index (κ3) is 2.88. The Balaban J connectivity index is 1.77. The van der Waals surface area contributed by atoms with Gasteiger partial charge in [-0.25, -0.2) is 0 Å². The number of H-pyrrole nitrogens is 1. The van der Waals surface area contributed by atoms with Crippen molar-refractivity contribution in [1.82, 2.24) is 15.8 Å². The van der Waals surface area contributed by atoms with Gasteiger partial charge in [0.25, 0.3) is 5.91 Å². The summed E-state index contributed by atoms with van der Waals surface area (Å²) < 4.78 is 5.56. The third-order valence-electron chi connectivity index (χ3n) is 4.36. The van der Waals surface area contributed by atoms with E-state index >= 15 is 0 Å². The number of furan rings is 1. The van der Waals surface area contributed by atoms with Gasteiger partial charge in [-0.05, 0) is 39.3 Å². The monoisotopic (exact) mass is 353 g/mol. The quantitative estimate of drug-likeness (QED) is 0.497. The highest BCUT2D eigenvalue weighted by Crippen LogP contribution is 2.24. The molecule has 2 heterocycles. The van der Waals surface area contributed by atoms with E-state index in [0.717, 1.165) is 5.39 Å². The largest absolute Gasteiger partial charge is 0.451 e.